The molecule has 0 N–H and O–H groups in total. The Labute approximate surface area is 162 Å². The summed E-state index contributed by atoms with van der Waals surface area (Å²) in [5, 5.41) is 0.407. The molecule has 2 aliphatic rings. The van der Waals surface area contributed by atoms with E-state index < -0.39 is 32.1 Å². The van der Waals surface area contributed by atoms with Crippen LogP contribution in [0.3, 0.4) is 0 Å². The third-order valence-electron chi connectivity index (χ3n) is 5.87. The van der Waals surface area contributed by atoms with E-state index in [4.69, 9.17) is 16.3 Å². The largest absolute Gasteiger partial charge is 0.490 e. The first-order valence-electron chi connectivity index (χ1n) is 8.89. The van der Waals surface area contributed by atoms with E-state index in [1.165, 1.54) is 24.3 Å². The van der Waals surface area contributed by atoms with Crippen molar-refractivity contribution in [2.45, 2.75) is 35.8 Å². The summed E-state index contributed by atoms with van der Waals surface area (Å²) in [6.07, 6.45) is 1.40. The first-order chi connectivity index (χ1) is 12.8. The summed E-state index contributed by atoms with van der Waals surface area (Å²) in [6.45, 7) is 2.08. The van der Waals surface area contributed by atoms with Crippen LogP contribution in [-0.2, 0) is 14.6 Å². The highest BCUT2D eigenvalue weighted by atomic mass is 35.5. The predicted molar refractivity (Wildman–Crippen MR) is 98.7 cm³/mol. The molecule has 2 aromatic carbocycles. The second-order valence-corrected chi connectivity index (χ2v) is 10.1. The van der Waals surface area contributed by atoms with E-state index in [-0.39, 0.29) is 35.2 Å². The minimum atomic E-state index is -4.02. The summed E-state index contributed by atoms with van der Waals surface area (Å²) in [5.74, 6) is -1.94. The molecule has 2 aromatic rings. The molecule has 0 bridgehead atoms. The van der Waals surface area contributed by atoms with E-state index in [1.54, 1.807) is 0 Å². The lowest BCUT2D eigenvalue weighted by atomic mass is 9.70. The van der Waals surface area contributed by atoms with E-state index in [9.17, 15) is 17.2 Å². The van der Waals surface area contributed by atoms with Crippen molar-refractivity contribution in [3.05, 3.63) is 58.6 Å². The standard InChI is InChI=1S/C20H19ClF2O3S/c1-12-8-9-20(27(24,25)15-4-2-14(21)3-5-15)13(10-12)11-26-19-17(23)7-6-16(22)18(19)20/h2-7,12-13H,8-11H2,1H3/t12-,13?,20+/m1/s1. The zero-order valence-corrected chi connectivity index (χ0v) is 16.3. The lowest BCUT2D eigenvalue weighted by molar-refractivity contribution is 0.103. The Hall–Kier alpha value is -1.66. The quantitative estimate of drug-likeness (QED) is 0.687. The van der Waals surface area contributed by atoms with E-state index in [0.29, 0.717) is 17.9 Å². The van der Waals surface area contributed by atoms with Crippen LogP contribution >= 0.6 is 11.6 Å². The number of halogens is 3. The van der Waals surface area contributed by atoms with Crippen molar-refractivity contribution < 1.29 is 21.9 Å². The molecule has 7 heteroatoms. The SMILES string of the molecule is C[C@@H]1CC[C@@]2(S(=O)(=O)c3ccc(Cl)cc3)c3c(F)ccc(F)c3OCC2C1. The molecule has 0 radical (unpaired) electrons. The van der Waals surface area contributed by atoms with Crippen molar-refractivity contribution in [1.82, 2.24) is 0 Å². The Kier molecular flexibility index (Phi) is 4.47. The Bertz CT molecular complexity index is 991. The van der Waals surface area contributed by atoms with Gasteiger partial charge in [0.1, 0.15) is 10.6 Å². The van der Waals surface area contributed by atoms with Crippen molar-refractivity contribution in [1.29, 1.82) is 0 Å². The van der Waals surface area contributed by atoms with Gasteiger partial charge < -0.3 is 4.74 Å². The van der Waals surface area contributed by atoms with Gasteiger partial charge >= 0.3 is 0 Å². The summed E-state index contributed by atoms with van der Waals surface area (Å²) in [4.78, 5) is 0.0583. The average Bonchev–Trinajstić information content (AvgIpc) is 2.64. The highest BCUT2D eigenvalue weighted by Gasteiger charge is 2.59. The van der Waals surface area contributed by atoms with Crippen LogP contribution in [0.5, 0.6) is 5.75 Å². The molecule has 1 saturated carbocycles. The number of hydrogen-bond donors (Lipinski definition) is 0. The Morgan fingerprint density at radius 2 is 1.78 bits per heavy atom. The summed E-state index contributed by atoms with van der Waals surface area (Å²) in [5.41, 5.74) is -0.166. The van der Waals surface area contributed by atoms with Crippen LogP contribution < -0.4 is 4.74 Å². The number of rotatable bonds is 2. The Balaban J connectivity index is 2.02. The molecule has 0 saturated heterocycles. The van der Waals surface area contributed by atoms with Gasteiger partial charge in [-0.15, -0.1) is 0 Å². The predicted octanol–water partition coefficient (Wildman–Crippen LogP) is 5.12. The summed E-state index contributed by atoms with van der Waals surface area (Å²) >= 11 is 5.91. The molecule has 1 fully saturated rings. The molecule has 1 unspecified atom stereocenters. The van der Waals surface area contributed by atoms with Crippen molar-refractivity contribution >= 4 is 21.4 Å². The van der Waals surface area contributed by atoms with E-state index in [2.05, 4.69) is 0 Å². The molecule has 0 aromatic heterocycles. The topological polar surface area (TPSA) is 43.4 Å². The molecule has 27 heavy (non-hydrogen) atoms. The molecule has 0 amide bonds. The van der Waals surface area contributed by atoms with Gasteiger partial charge in [-0.05, 0) is 61.6 Å². The smallest absolute Gasteiger partial charge is 0.188 e. The first-order valence-corrected chi connectivity index (χ1v) is 10.7. The van der Waals surface area contributed by atoms with E-state index in [1.807, 2.05) is 6.92 Å². The minimum Gasteiger partial charge on any atom is -0.490 e. The molecule has 3 atom stereocenters. The number of hydrogen-bond acceptors (Lipinski definition) is 3. The lowest BCUT2D eigenvalue weighted by Crippen LogP contribution is -2.52. The van der Waals surface area contributed by atoms with Gasteiger partial charge in [-0.1, -0.05) is 18.5 Å². The van der Waals surface area contributed by atoms with Gasteiger partial charge in [0.2, 0.25) is 0 Å². The van der Waals surface area contributed by atoms with Crippen LogP contribution in [0.25, 0.3) is 0 Å². The molecule has 3 nitrogen and oxygen atoms in total. The molecule has 4 rings (SSSR count). The van der Waals surface area contributed by atoms with Crippen molar-refractivity contribution in [2.24, 2.45) is 11.8 Å². The van der Waals surface area contributed by atoms with Gasteiger partial charge in [0.15, 0.2) is 21.4 Å². The van der Waals surface area contributed by atoms with Crippen LogP contribution in [0, 0.1) is 23.5 Å². The fourth-order valence-electron chi connectivity index (χ4n) is 4.56. The Morgan fingerprint density at radius 3 is 2.48 bits per heavy atom. The fourth-order valence-corrected chi connectivity index (χ4v) is 7.04. The highest BCUT2D eigenvalue weighted by molar-refractivity contribution is 7.92. The highest BCUT2D eigenvalue weighted by Crippen LogP contribution is 2.57. The van der Waals surface area contributed by atoms with Gasteiger partial charge in [0.05, 0.1) is 17.1 Å². The molecule has 1 aliphatic heterocycles. The molecular weight excluding hydrogens is 394 g/mol. The van der Waals surface area contributed by atoms with Gasteiger partial charge in [0.25, 0.3) is 0 Å². The maximum Gasteiger partial charge on any atom is 0.188 e. The van der Waals surface area contributed by atoms with Crippen LogP contribution in [0.2, 0.25) is 5.02 Å². The maximum absolute atomic E-state index is 14.9. The minimum absolute atomic E-state index is 0.0462. The summed E-state index contributed by atoms with van der Waals surface area (Å²) < 4.78 is 60.9. The second kappa shape index (κ2) is 6.45. The average molecular weight is 413 g/mol. The summed E-state index contributed by atoms with van der Waals surface area (Å²) in [7, 11) is -4.02. The molecular formula is C20H19ClF2O3S. The number of ether oxygens (including phenoxy) is 1. The van der Waals surface area contributed by atoms with Crippen molar-refractivity contribution in [3.63, 3.8) is 0 Å². The summed E-state index contributed by atoms with van der Waals surface area (Å²) in [6, 6.07) is 7.79. The van der Waals surface area contributed by atoms with Crippen LogP contribution in [0.15, 0.2) is 41.3 Å². The van der Waals surface area contributed by atoms with Gasteiger partial charge in [0, 0.05) is 10.9 Å². The Morgan fingerprint density at radius 1 is 1.11 bits per heavy atom. The third-order valence-corrected chi connectivity index (χ3v) is 8.71. The van der Waals surface area contributed by atoms with Crippen molar-refractivity contribution in [2.75, 3.05) is 6.61 Å². The number of fused-ring (bicyclic) bond motifs is 3. The van der Waals surface area contributed by atoms with Gasteiger partial charge in [-0.25, -0.2) is 17.2 Å². The number of sulfone groups is 1. The van der Waals surface area contributed by atoms with Crippen LogP contribution in [-0.4, -0.2) is 15.0 Å². The molecule has 0 spiro atoms. The normalized spacial score (nSPS) is 27.4. The first kappa shape index (κ1) is 18.7. The van der Waals surface area contributed by atoms with Gasteiger partial charge in [-0.3, -0.25) is 0 Å². The number of benzene rings is 2. The van der Waals surface area contributed by atoms with E-state index in [0.717, 1.165) is 12.1 Å². The second-order valence-electron chi connectivity index (χ2n) is 7.47. The lowest BCUT2D eigenvalue weighted by Gasteiger charge is -2.48. The van der Waals surface area contributed by atoms with Crippen LogP contribution in [0.1, 0.15) is 31.7 Å². The molecule has 1 heterocycles. The third kappa shape index (κ3) is 2.68. The zero-order valence-electron chi connectivity index (χ0n) is 14.7. The van der Waals surface area contributed by atoms with Crippen molar-refractivity contribution in [3.8, 4) is 5.75 Å². The molecule has 144 valence electrons. The van der Waals surface area contributed by atoms with E-state index >= 15 is 0 Å². The molecule has 1 aliphatic carbocycles. The van der Waals surface area contributed by atoms with Gasteiger partial charge in [-0.2, -0.15) is 0 Å². The monoisotopic (exact) mass is 412 g/mol. The fraction of sp³-hybridized carbons (Fsp3) is 0.400. The van der Waals surface area contributed by atoms with Crippen LogP contribution in [0.4, 0.5) is 8.78 Å². The zero-order chi connectivity index (χ0) is 19.4. The maximum atomic E-state index is 14.9.